The summed E-state index contributed by atoms with van der Waals surface area (Å²) in [5, 5.41) is 0. The minimum absolute atomic E-state index is 0.862. The van der Waals surface area contributed by atoms with Crippen molar-refractivity contribution >= 4 is 21.6 Å². The van der Waals surface area contributed by atoms with Crippen molar-refractivity contribution in [3.63, 3.8) is 0 Å². The van der Waals surface area contributed by atoms with Crippen molar-refractivity contribution in [3.05, 3.63) is 70.1 Å². The van der Waals surface area contributed by atoms with Crippen LogP contribution in [0.2, 0.25) is 0 Å². The Balaban J connectivity index is 1.98. The molecule has 3 heteroatoms. The molecule has 0 fully saturated rings. The summed E-state index contributed by atoms with van der Waals surface area (Å²) in [6, 6.07) is 12.5. The van der Waals surface area contributed by atoms with Gasteiger partial charge in [-0.15, -0.1) is 0 Å². The van der Waals surface area contributed by atoms with Crippen LogP contribution in [0.5, 0.6) is 0 Å². The van der Waals surface area contributed by atoms with E-state index in [-0.39, 0.29) is 0 Å². The maximum absolute atomic E-state index is 4.68. The molecule has 0 N–H and O–H groups in total. The first-order valence-electron chi connectivity index (χ1n) is 5.90. The number of fused-ring (bicyclic) bond motifs is 1. The maximum Gasteiger partial charge on any atom is 0.139 e. The molecule has 0 atom stereocenters. The summed E-state index contributed by atoms with van der Waals surface area (Å²) >= 11 is 3.50. The zero-order valence-electron chi connectivity index (χ0n) is 10.1. The molecule has 0 aliphatic heterocycles. The first kappa shape index (κ1) is 11.5. The lowest BCUT2D eigenvalue weighted by Gasteiger charge is -1.98. The van der Waals surface area contributed by atoms with Gasteiger partial charge in [0.05, 0.1) is 5.69 Å². The molecule has 0 saturated heterocycles. The largest absolute Gasteiger partial charge is 0.307 e. The third kappa shape index (κ3) is 2.18. The number of benzene rings is 1. The summed E-state index contributed by atoms with van der Waals surface area (Å²) in [5.41, 5.74) is 4.62. The van der Waals surface area contributed by atoms with Crippen LogP contribution in [-0.4, -0.2) is 9.38 Å². The molecule has 0 bridgehead atoms. The number of imidazole rings is 1. The zero-order chi connectivity index (χ0) is 12.5. The Labute approximate surface area is 114 Å². The molecule has 90 valence electrons. The molecule has 2 aromatic heterocycles. The van der Waals surface area contributed by atoms with Gasteiger partial charge < -0.3 is 4.40 Å². The molecule has 2 nitrogen and oxygen atoms in total. The number of hydrogen-bond acceptors (Lipinski definition) is 1. The van der Waals surface area contributed by atoms with Gasteiger partial charge in [0.15, 0.2) is 0 Å². The van der Waals surface area contributed by atoms with Crippen LogP contribution < -0.4 is 0 Å². The van der Waals surface area contributed by atoms with Gasteiger partial charge in [-0.2, -0.15) is 0 Å². The van der Waals surface area contributed by atoms with E-state index >= 15 is 0 Å². The standard InChI is InChI=1S/C15H13BrN2/c1-11-4-3-7-18-10-14(17-15(11)18)9-12-5-2-6-13(16)8-12/h2-8,10H,9H2,1H3. The highest BCUT2D eigenvalue weighted by molar-refractivity contribution is 9.10. The van der Waals surface area contributed by atoms with Gasteiger partial charge in [-0.3, -0.25) is 0 Å². The Bertz CT molecular complexity index is 701. The van der Waals surface area contributed by atoms with Gasteiger partial charge >= 0.3 is 0 Å². The number of pyridine rings is 1. The molecule has 0 amide bonds. The Hall–Kier alpha value is -1.61. The van der Waals surface area contributed by atoms with E-state index in [4.69, 9.17) is 0 Å². The van der Waals surface area contributed by atoms with E-state index in [1.807, 2.05) is 18.3 Å². The molecule has 1 aromatic carbocycles. The highest BCUT2D eigenvalue weighted by atomic mass is 79.9. The number of rotatable bonds is 2. The van der Waals surface area contributed by atoms with Crippen molar-refractivity contribution in [1.29, 1.82) is 0 Å². The zero-order valence-corrected chi connectivity index (χ0v) is 11.7. The first-order valence-corrected chi connectivity index (χ1v) is 6.69. The van der Waals surface area contributed by atoms with E-state index in [1.165, 1.54) is 11.1 Å². The number of nitrogens with zero attached hydrogens (tertiary/aromatic N) is 2. The Morgan fingerprint density at radius 3 is 2.89 bits per heavy atom. The Morgan fingerprint density at radius 2 is 2.11 bits per heavy atom. The second kappa shape index (κ2) is 4.58. The molecule has 3 rings (SSSR count). The summed E-state index contributed by atoms with van der Waals surface area (Å²) in [6.45, 7) is 2.09. The predicted octanol–water partition coefficient (Wildman–Crippen LogP) is 4.00. The second-order valence-corrected chi connectivity index (χ2v) is 5.38. The van der Waals surface area contributed by atoms with Crippen LogP contribution in [0.15, 0.2) is 53.3 Å². The van der Waals surface area contributed by atoms with Crippen LogP contribution in [0.25, 0.3) is 5.65 Å². The molecule has 0 unspecified atom stereocenters. The molecule has 2 heterocycles. The highest BCUT2D eigenvalue weighted by Crippen LogP contribution is 2.16. The summed E-state index contributed by atoms with van der Waals surface area (Å²) in [6.07, 6.45) is 5.00. The summed E-state index contributed by atoms with van der Waals surface area (Å²) < 4.78 is 3.20. The maximum atomic E-state index is 4.68. The topological polar surface area (TPSA) is 17.3 Å². The van der Waals surface area contributed by atoms with Gasteiger partial charge in [-0.25, -0.2) is 4.98 Å². The summed E-state index contributed by atoms with van der Waals surface area (Å²) in [7, 11) is 0. The molecule has 0 aliphatic carbocycles. The molecule has 0 spiro atoms. The number of aromatic nitrogens is 2. The predicted molar refractivity (Wildman–Crippen MR) is 76.9 cm³/mol. The van der Waals surface area contributed by atoms with Gasteiger partial charge in [0, 0.05) is 23.3 Å². The molecular weight excluding hydrogens is 288 g/mol. The van der Waals surface area contributed by atoms with Crippen LogP contribution in [0.1, 0.15) is 16.8 Å². The van der Waals surface area contributed by atoms with E-state index in [9.17, 15) is 0 Å². The van der Waals surface area contributed by atoms with Crippen molar-refractivity contribution < 1.29 is 0 Å². The molecule has 0 saturated carbocycles. The average Bonchev–Trinajstić information content (AvgIpc) is 2.73. The van der Waals surface area contributed by atoms with Crippen LogP contribution in [0.3, 0.4) is 0 Å². The molecular formula is C15H13BrN2. The van der Waals surface area contributed by atoms with E-state index in [0.717, 1.165) is 22.2 Å². The molecule has 3 aromatic rings. The molecule has 0 radical (unpaired) electrons. The second-order valence-electron chi connectivity index (χ2n) is 4.46. The van der Waals surface area contributed by atoms with Crippen LogP contribution in [-0.2, 0) is 6.42 Å². The van der Waals surface area contributed by atoms with Gasteiger partial charge in [-0.05, 0) is 36.2 Å². The Kier molecular flexibility index (Phi) is 2.92. The minimum Gasteiger partial charge on any atom is -0.307 e. The minimum atomic E-state index is 0.862. The summed E-state index contributed by atoms with van der Waals surface area (Å²) in [4.78, 5) is 4.68. The molecule has 18 heavy (non-hydrogen) atoms. The van der Waals surface area contributed by atoms with Crippen molar-refractivity contribution in [2.45, 2.75) is 13.3 Å². The fraction of sp³-hybridized carbons (Fsp3) is 0.133. The smallest absolute Gasteiger partial charge is 0.139 e. The van der Waals surface area contributed by atoms with Gasteiger partial charge in [0.25, 0.3) is 0 Å². The lowest BCUT2D eigenvalue weighted by Crippen LogP contribution is -1.87. The third-order valence-electron chi connectivity index (χ3n) is 3.00. The van der Waals surface area contributed by atoms with E-state index in [2.05, 4.69) is 62.7 Å². The van der Waals surface area contributed by atoms with Crippen LogP contribution in [0, 0.1) is 6.92 Å². The summed E-state index contributed by atoms with van der Waals surface area (Å²) in [5.74, 6) is 0. The number of hydrogen-bond donors (Lipinski definition) is 0. The lowest BCUT2D eigenvalue weighted by atomic mass is 10.1. The Morgan fingerprint density at radius 1 is 1.22 bits per heavy atom. The van der Waals surface area contributed by atoms with Crippen LogP contribution in [0.4, 0.5) is 0 Å². The van der Waals surface area contributed by atoms with Gasteiger partial charge in [-0.1, -0.05) is 34.1 Å². The lowest BCUT2D eigenvalue weighted by molar-refractivity contribution is 1.11. The van der Waals surface area contributed by atoms with Crippen molar-refractivity contribution in [2.24, 2.45) is 0 Å². The fourth-order valence-corrected chi connectivity index (χ4v) is 2.59. The first-order chi connectivity index (χ1) is 8.72. The third-order valence-corrected chi connectivity index (χ3v) is 3.50. The van der Waals surface area contributed by atoms with Gasteiger partial charge in [0.1, 0.15) is 5.65 Å². The van der Waals surface area contributed by atoms with Crippen LogP contribution >= 0.6 is 15.9 Å². The number of aryl methyl sites for hydroxylation is 1. The highest BCUT2D eigenvalue weighted by Gasteiger charge is 2.04. The fourth-order valence-electron chi connectivity index (χ4n) is 2.15. The average molecular weight is 301 g/mol. The van der Waals surface area contributed by atoms with E-state index in [1.54, 1.807) is 0 Å². The van der Waals surface area contributed by atoms with E-state index < -0.39 is 0 Å². The normalized spacial score (nSPS) is 11.0. The monoisotopic (exact) mass is 300 g/mol. The van der Waals surface area contributed by atoms with Crippen molar-refractivity contribution in [3.8, 4) is 0 Å². The number of halogens is 1. The van der Waals surface area contributed by atoms with E-state index in [0.29, 0.717) is 0 Å². The quantitative estimate of drug-likeness (QED) is 0.699. The SMILES string of the molecule is Cc1cccn2cc(Cc3cccc(Br)c3)nc12. The van der Waals surface area contributed by atoms with Crippen molar-refractivity contribution in [1.82, 2.24) is 9.38 Å². The molecule has 0 aliphatic rings. The van der Waals surface area contributed by atoms with Gasteiger partial charge in [0.2, 0.25) is 0 Å². The van der Waals surface area contributed by atoms with Crippen molar-refractivity contribution in [2.75, 3.05) is 0 Å².